The summed E-state index contributed by atoms with van der Waals surface area (Å²) in [5.41, 5.74) is 1.89. The number of benzene rings is 1. The summed E-state index contributed by atoms with van der Waals surface area (Å²) in [6, 6.07) is 5.64. The van der Waals surface area contributed by atoms with E-state index in [1.165, 1.54) is 12.8 Å². The topological polar surface area (TPSA) is 49.8 Å². The van der Waals surface area contributed by atoms with Gasteiger partial charge in [-0.3, -0.25) is 0 Å². The number of halogens is 2. The molecule has 4 nitrogen and oxygen atoms in total. The molecule has 6 heteroatoms. The summed E-state index contributed by atoms with van der Waals surface area (Å²) in [6.07, 6.45) is 2.35. The molecule has 1 heterocycles. The maximum Gasteiger partial charge on any atom is 0.139 e. The van der Waals surface area contributed by atoms with Crippen LogP contribution in [0.2, 0.25) is 5.02 Å². The molecule has 2 aromatic rings. The highest BCUT2D eigenvalue weighted by Crippen LogP contribution is 2.40. The van der Waals surface area contributed by atoms with E-state index in [0.717, 1.165) is 33.2 Å². The molecule has 0 bridgehead atoms. The molecule has 0 spiro atoms. The minimum atomic E-state index is 0.501. The Morgan fingerprint density at radius 3 is 2.62 bits per heavy atom. The summed E-state index contributed by atoms with van der Waals surface area (Å²) >= 11 is 9.59. The van der Waals surface area contributed by atoms with E-state index >= 15 is 0 Å². The number of aromatic nitrogens is 2. The lowest BCUT2D eigenvalue weighted by molar-refractivity contribution is 0.923. The van der Waals surface area contributed by atoms with Gasteiger partial charge in [-0.25, -0.2) is 9.97 Å². The van der Waals surface area contributed by atoms with Crippen molar-refractivity contribution < 1.29 is 0 Å². The highest BCUT2D eigenvalue weighted by molar-refractivity contribution is 9.10. The molecule has 0 amide bonds. The third kappa shape index (κ3) is 3.14. The Hall–Kier alpha value is -1.33. The normalized spacial score (nSPS) is 14.1. The van der Waals surface area contributed by atoms with Crippen molar-refractivity contribution in [2.75, 3.05) is 17.7 Å². The van der Waals surface area contributed by atoms with Crippen molar-refractivity contribution in [1.82, 2.24) is 9.97 Å². The summed E-state index contributed by atoms with van der Waals surface area (Å²) in [7, 11) is 1.88. The highest BCUT2D eigenvalue weighted by atomic mass is 79.9. The Bertz CT molecular complexity index is 686. The monoisotopic (exact) mass is 366 g/mol. The minimum absolute atomic E-state index is 0.501. The largest absolute Gasteiger partial charge is 0.373 e. The molecule has 2 N–H and O–H groups in total. The molecule has 21 heavy (non-hydrogen) atoms. The van der Waals surface area contributed by atoms with Crippen LogP contribution in [-0.2, 0) is 0 Å². The van der Waals surface area contributed by atoms with E-state index in [0.29, 0.717) is 10.9 Å². The van der Waals surface area contributed by atoms with Crippen LogP contribution in [0.25, 0.3) is 0 Å². The zero-order chi connectivity index (χ0) is 15.0. The van der Waals surface area contributed by atoms with Crippen LogP contribution in [0.1, 0.15) is 30.1 Å². The fourth-order valence-electron chi connectivity index (χ4n) is 2.14. The first kappa shape index (κ1) is 14.6. The standard InChI is InChI=1S/C15H16BrClN4/c1-8-13(18-2)20-15(9-3-4-9)21-14(8)19-12-7-10(17)5-6-11(12)16/h5-7,9H,3-4H2,1-2H3,(H2,18,19,20,21). The summed E-state index contributed by atoms with van der Waals surface area (Å²) in [5, 5.41) is 7.18. The quantitative estimate of drug-likeness (QED) is 0.810. The van der Waals surface area contributed by atoms with Gasteiger partial charge in [0, 0.05) is 28.0 Å². The Morgan fingerprint density at radius 1 is 1.24 bits per heavy atom. The first-order valence-corrected chi connectivity index (χ1v) is 8.04. The van der Waals surface area contributed by atoms with Crippen molar-refractivity contribution in [2.45, 2.75) is 25.7 Å². The number of nitrogens with one attached hydrogen (secondary N) is 2. The van der Waals surface area contributed by atoms with Crippen LogP contribution in [0.15, 0.2) is 22.7 Å². The van der Waals surface area contributed by atoms with Crippen molar-refractivity contribution in [1.29, 1.82) is 0 Å². The lowest BCUT2D eigenvalue weighted by atomic mass is 10.2. The highest BCUT2D eigenvalue weighted by Gasteiger charge is 2.28. The van der Waals surface area contributed by atoms with Gasteiger partial charge in [0.1, 0.15) is 17.5 Å². The summed E-state index contributed by atoms with van der Waals surface area (Å²) < 4.78 is 0.948. The first-order valence-electron chi connectivity index (χ1n) is 6.87. The van der Waals surface area contributed by atoms with Gasteiger partial charge in [-0.05, 0) is 53.9 Å². The van der Waals surface area contributed by atoms with Crippen molar-refractivity contribution in [3.8, 4) is 0 Å². The van der Waals surface area contributed by atoms with E-state index in [-0.39, 0.29) is 0 Å². The Kier molecular flexibility index (Phi) is 4.04. The molecule has 0 aliphatic heterocycles. The molecular weight excluding hydrogens is 352 g/mol. The predicted octanol–water partition coefficient (Wildman–Crippen LogP) is 4.86. The molecule has 110 valence electrons. The van der Waals surface area contributed by atoms with Crippen LogP contribution in [0.3, 0.4) is 0 Å². The molecule has 0 atom stereocenters. The van der Waals surface area contributed by atoms with Gasteiger partial charge in [-0.15, -0.1) is 0 Å². The van der Waals surface area contributed by atoms with Crippen molar-refractivity contribution >= 4 is 44.9 Å². The Balaban J connectivity index is 2.00. The fraction of sp³-hybridized carbons (Fsp3) is 0.333. The lowest BCUT2D eigenvalue weighted by Gasteiger charge is -2.14. The smallest absolute Gasteiger partial charge is 0.139 e. The van der Waals surface area contributed by atoms with Gasteiger partial charge in [0.2, 0.25) is 0 Å². The van der Waals surface area contributed by atoms with Gasteiger partial charge < -0.3 is 10.6 Å². The molecule has 1 saturated carbocycles. The van der Waals surface area contributed by atoms with Gasteiger partial charge >= 0.3 is 0 Å². The number of hydrogen-bond acceptors (Lipinski definition) is 4. The maximum atomic E-state index is 6.07. The second-order valence-electron chi connectivity index (χ2n) is 5.18. The van der Waals surface area contributed by atoms with Crippen LogP contribution in [-0.4, -0.2) is 17.0 Å². The van der Waals surface area contributed by atoms with Crippen LogP contribution in [0.5, 0.6) is 0 Å². The number of rotatable bonds is 4. The van der Waals surface area contributed by atoms with E-state index in [1.807, 2.05) is 32.2 Å². The van der Waals surface area contributed by atoms with Gasteiger partial charge in [0.25, 0.3) is 0 Å². The summed E-state index contributed by atoms with van der Waals surface area (Å²) in [6.45, 7) is 2.00. The first-order chi connectivity index (χ1) is 10.1. The number of anilines is 3. The molecule has 0 radical (unpaired) electrons. The SMILES string of the molecule is CNc1nc(C2CC2)nc(Nc2cc(Cl)ccc2Br)c1C. The van der Waals surface area contributed by atoms with Gasteiger partial charge in [0.05, 0.1) is 5.69 Å². The molecule has 1 aromatic carbocycles. The predicted molar refractivity (Wildman–Crippen MR) is 90.7 cm³/mol. The zero-order valence-electron chi connectivity index (χ0n) is 11.9. The van der Waals surface area contributed by atoms with Crippen molar-refractivity contribution in [3.63, 3.8) is 0 Å². The van der Waals surface area contributed by atoms with Crippen molar-refractivity contribution in [2.24, 2.45) is 0 Å². The van der Waals surface area contributed by atoms with Gasteiger partial charge in [-0.1, -0.05) is 11.6 Å². The van der Waals surface area contributed by atoms with Crippen LogP contribution < -0.4 is 10.6 Å². The maximum absolute atomic E-state index is 6.07. The molecule has 1 fully saturated rings. The zero-order valence-corrected chi connectivity index (χ0v) is 14.2. The average Bonchev–Trinajstić information content (AvgIpc) is 3.29. The second-order valence-corrected chi connectivity index (χ2v) is 6.47. The van der Waals surface area contributed by atoms with E-state index < -0.39 is 0 Å². The van der Waals surface area contributed by atoms with Gasteiger partial charge in [0.15, 0.2) is 0 Å². The average molecular weight is 368 g/mol. The fourth-order valence-corrected chi connectivity index (χ4v) is 2.66. The lowest BCUT2D eigenvalue weighted by Crippen LogP contribution is -2.07. The van der Waals surface area contributed by atoms with Gasteiger partial charge in [-0.2, -0.15) is 0 Å². The number of hydrogen-bond donors (Lipinski definition) is 2. The molecule has 0 saturated heterocycles. The number of nitrogens with zero attached hydrogens (tertiary/aromatic N) is 2. The molecule has 3 rings (SSSR count). The Labute approximate surface area is 137 Å². The van der Waals surface area contributed by atoms with Crippen molar-refractivity contribution in [3.05, 3.63) is 39.1 Å². The summed E-state index contributed by atoms with van der Waals surface area (Å²) in [4.78, 5) is 9.28. The molecule has 1 aromatic heterocycles. The molecule has 1 aliphatic rings. The third-order valence-electron chi connectivity index (χ3n) is 3.52. The van der Waals surface area contributed by atoms with E-state index in [2.05, 4.69) is 36.5 Å². The molecular formula is C15H16BrClN4. The summed E-state index contributed by atoms with van der Waals surface area (Å²) in [5.74, 6) is 3.10. The third-order valence-corrected chi connectivity index (χ3v) is 4.45. The van der Waals surface area contributed by atoms with E-state index in [9.17, 15) is 0 Å². The second kappa shape index (κ2) is 5.81. The van der Waals surface area contributed by atoms with Crippen LogP contribution in [0.4, 0.5) is 17.3 Å². The van der Waals surface area contributed by atoms with Crippen LogP contribution in [0, 0.1) is 6.92 Å². The van der Waals surface area contributed by atoms with Crippen LogP contribution >= 0.6 is 27.5 Å². The molecule has 0 unspecified atom stereocenters. The molecule has 1 aliphatic carbocycles. The Morgan fingerprint density at radius 2 is 1.95 bits per heavy atom. The minimum Gasteiger partial charge on any atom is -0.373 e. The van der Waals surface area contributed by atoms with E-state index in [4.69, 9.17) is 11.6 Å². The van der Waals surface area contributed by atoms with E-state index in [1.54, 1.807) is 0 Å².